The summed E-state index contributed by atoms with van der Waals surface area (Å²) in [6.45, 7) is 0. The topological polar surface area (TPSA) is 6.48 Å². The van der Waals surface area contributed by atoms with Gasteiger partial charge in [0.15, 0.2) is 0 Å². The molecule has 0 fully saturated rings. The Balaban J connectivity index is 1.21. The fraction of sp³-hybridized carbons (Fsp3) is 0.0435. The van der Waals surface area contributed by atoms with Gasteiger partial charge in [0.25, 0.3) is 0 Å². The molecule has 2 atom stereocenters. The van der Waals surface area contributed by atoms with Crippen LogP contribution < -0.4 is 9.80 Å². The van der Waals surface area contributed by atoms with Crippen molar-refractivity contribution in [3.8, 4) is 11.1 Å². The van der Waals surface area contributed by atoms with Crippen molar-refractivity contribution in [2.45, 2.75) is 12.0 Å². The third-order valence-corrected chi connectivity index (χ3v) is 11.3. The molecule has 2 heterocycles. The fourth-order valence-corrected chi connectivity index (χ4v) is 9.00. The van der Waals surface area contributed by atoms with Crippen molar-refractivity contribution >= 4 is 70.7 Å². The molecule has 0 spiro atoms. The van der Waals surface area contributed by atoms with Crippen LogP contribution in [0.1, 0.15) is 11.5 Å². The number of benzene rings is 7. The first-order valence-electron chi connectivity index (χ1n) is 16.9. The number of rotatable bonds is 5. The van der Waals surface area contributed by atoms with Crippen molar-refractivity contribution in [1.29, 1.82) is 0 Å². The van der Waals surface area contributed by atoms with E-state index in [9.17, 15) is 0 Å². The van der Waals surface area contributed by atoms with E-state index in [2.05, 4.69) is 192 Å². The van der Waals surface area contributed by atoms with Crippen LogP contribution in [0.5, 0.6) is 0 Å². The molecule has 2 nitrogen and oxygen atoms in total. The van der Waals surface area contributed by atoms with Gasteiger partial charge in [-0.1, -0.05) is 121 Å². The minimum atomic E-state index is 0.240. The van der Waals surface area contributed by atoms with Gasteiger partial charge in [-0.05, 0) is 82.7 Å². The number of nitrogens with zero attached hydrogens (tertiary/aromatic N) is 2. The van der Waals surface area contributed by atoms with E-state index in [1.807, 2.05) is 11.3 Å². The maximum atomic E-state index is 2.55. The quantitative estimate of drug-likeness (QED) is 0.184. The molecule has 7 aromatic carbocycles. The highest BCUT2D eigenvalue weighted by molar-refractivity contribution is 7.25. The lowest BCUT2D eigenvalue weighted by molar-refractivity contribution is 0.745. The molecule has 3 heteroatoms. The number of para-hydroxylation sites is 1. The Morgan fingerprint density at radius 1 is 0.490 bits per heavy atom. The Morgan fingerprint density at radius 2 is 1.16 bits per heavy atom. The largest absolute Gasteiger partial charge is 0.333 e. The molecule has 8 aromatic rings. The Labute approximate surface area is 290 Å². The van der Waals surface area contributed by atoms with Gasteiger partial charge in [-0.3, -0.25) is 0 Å². The lowest BCUT2D eigenvalue weighted by atomic mass is 9.90. The van der Waals surface area contributed by atoms with Crippen molar-refractivity contribution < 1.29 is 0 Å². The molecule has 0 amide bonds. The molecule has 0 radical (unpaired) electrons. The lowest BCUT2D eigenvalue weighted by Gasteiger charge is -2.30. The van der Waals surface area contributed by atoms with E-state index in [0.29, 0.717) is 5.92 Å². The van der Waals surface area contributed by atoms with Gasteiger partial charge in [-0.15, -0.1) is 11.3 Å². The number of allylic oxidation sites excluding steroid dienone is 2. The van der Waals surface area contributed by atoms with E-state index >= 15 is 0 Å². The van der Waals surface area contributed by atoms with Gasteiger partial charge in [0.05, 0.1) is 11.7 Å². The first-order valence-corrected chi connectivity index (χ1v) is 17.7. The second kappa shape index (κ2) is 11.4. The standard InChI is InChI=1S/C46H32N2S/c1-3-12-31(13-4-1)33-14-11-17-35(28-33)47(37-25-27-45-42(30-37)39-19-8-10-21-44(39)49-45)36-24-22-32-23-26-40-38-18-7-9-20-43(38)48(46(40)41(32)29-36)34-15-5-2-6-16-34/h1-30,38,43H. The van der Waals surface area contributed by atoms with E-state index in [4.69, 9.17) is 0 Å². The van der Waals surface area contributed by atoms with E-state index in [0.717, 1.165) is 17.1 Å². The minimum Gasteiger partial charge on any atom is -0.333 e. The predicted octanol–water partition coefficient (Wildman–Crippen LogP) is 13.1. The summed E-state index contributed by atoms with van der Waals surface area (Å²) in [5, 5.41) is 5.11. The summed E-state index contributed by atoms with van der Waals surface area (Å²) in [6, 6.07) is 58.1. The van der Waals surface area contributed by atoms with E-state index in [1.165, 1.54) is 59.0 Å². The predicted molar refractivity (Wildman–Crippen MR) is 210 cm³/mol. The molecule has 0 N–H and O–H groups in total. The Morgan fingerprint density at radius 3 is 2.04 bits per heavy atom. The highest BCUT2D eigenvalue weighted by Gasteiger charge is 2.38. The van der Waals surface area contributed by atoms with Gasteiger partial charge in [0, 0.05) is 54.2 Å². The molecule has 0 saturated heterocycles. The van der Waals surface area contributed by atoms with Crippen LogP contribution in [0.25, 0.3) is 42.1 Å². The van der Waals surface area contributed by atoms with Gasteiger partial charge in [-0.2, -0.15) is 0 Å². The SMILES string of the molecule is C1=CC2c3ccc4ccc(N(c5cccc(-c6ccccc6)c5)c5ccc6sc7ccccc7c6c5)cc4c3N(c3ccccc3)C2C=C1. The van der Waals surface area contributed by atoms with Gasteiger partial charge in [0.1, 0.15) is 0 Å². The van der Waals surface area contributed by atoms with Crippen LogP contribution in [0.15, 0.2) is 182 Å². The zero-order valence-corrected chi connectivity index (χ0v) is 27.6. The lowest BCUT2D eigenvalue weighted by Crippen LogP contribution is -2.28. The van der Waals surface area contributed by atoms with Crippen LogP contribution in [-0.2, 0) is 0 Å². The normalized spacial score (nSPS) is 16.4. The van der Waals surface area contributed by atoms with Crippen LogP contribution in [0, 0.1) is 0 Å². The fourth-order valence-electron chi connectivity index (χ4n) is 7.91. The maximum absolute atomic E-state index is 2.55. The summed E-state index contributed by atoms with van der Waals surface area (Å²) in [4.78, 5) is 4.99. The highest BCUT2D eigenvalue weighted by atomic mass is 32.1. The van der Waals surface area contributed by atoms with Crippen LogP contribution in [0.3, 0.4) is 0 Å². The van der Waals surface area contributed by atoms with Crippen molar-refractivity contribution in [1.82, 2.24) is 0 Å². The molecular weight excluding hydrogens is 613 g/mol. The first-order chi connectivity index (χ1) is 24.3. The molecule has 2 aliphatic rings. The molecule has 1 aliphatic carbocycles. The average molecular weight is 645 g/mol. The Hall–Kier alpha value is -5.90. The second-order valence-corrected chi connectivity index (χ2v) is 14.0. The van der Waals surface area contributed by atoms with E-state index < -0.39 is 0 Å². The van der Waals surface area contributed by atoms with E-state index in [-0.39, 0.29) is 6.04 Å². The maximum Gasteiger partial charge on any atom is 0.0629 e. The van der Waals surface area contributed by atoms with Gasteiger partial charge < -0.3 is 9.80 Å². The third kappa shape index (κ3) is 4.62. The van der Waals surface area contributed by atoms with Crippen LogP contribution in [0.2, 0.25) is 0 Å². The summed E-state index contributed by atoms with van der Waals surface area (Å²) in [5.74, 6) is 0.307. The zero-order valence-electron chi connectivity index (χ0n) is 26.8. The van der Waals surface area contributed by atoms with Crippen molar-refractivity contribution in [2.24, 2.45) is 0 Å². The molecule has 0 bridgehead atoms. The molecule has 232 valence electrons. The Bertz CT molecular complexity index is 2580. The minimum absolute atomic E-state index is 0.240. The summed E-state index contributed by atoms with van der Waals surface area (Å²) in [7, 11) is 0. The van der Waals surface area contributed by atoms with Crippen LogP contribution in [0.4, 0.5) is 28.4 Å². The summed E-state index contributed by atoms with van der Waals surface area (Å²) < 4.78 is 2.63. The molecule has 1 aromatic heterocycles. The molecule has 1 aliphatic heterocycles. The summed E-state index contributed by atoms with van der Waals surface area (Å²) >= 11 is 1.86. The number of hydrogen-bond acceptors (Lipinski definition) is 3. The first kappa shape index (κ1) is 28.1. The second-order valence-electron chi connectivity index (χ2n) is 12.9. The Kier molecular flexibility index (Phi) is 6.53. The molecule has 10 rings (SSSR count). The number of hydrogen-bond donors (Lipinski definition) is 0. The van der Waals surface area contributed by atoms with Crippen LogP contribution >= 0.6 is 11.3 Å². The van der Waals surface area contributed by atoms with Crippen molar-refractivity contribution in [3.63, 3.8) is 0 Å². The monoisotopic (exact) mass is 644 g/mol. The molecular formula is C46H32N2S. The number of anilines is 5. The van der Waals surface area contributed by atoms with Crippen molar-refractivity contribution in [3.05, 3.63) is 188 Å². The average Bonchev–Trinajstić information content (AvgIpc) is 3.72. The van der Waals surface area contributed by atoms with Crippen molar-refractivity contribution in [2.75, 3.05) is 9.80 Å². The molecule has 49 heavy (non-hydrogen) atoms. The highest BCUT2D eigenvalue weighted by Crippen LogP contribution is 2.52. The van der Waals surface area contributed by atoms with E-state index in [1.54, 1.807) is 0 Å². The number of fused-ring (bicyclic) bond motifs is 8. The van der Waals surface area contributed by atoms with Crippen LogP contribution in [-0.4, -0.2) is 6.04 Å². The summed E-state index contributed by atoms with van der Waals surface area (Å²) in [5.41, 5.74) is 9.72. The van der Waals surface area contributed by atoms with Gasteiger partial charge >= 0.3 is 0 Å². The summed E-state index contributed by atoms with van der Waals surface area (Å²) in [6.07, 6.45) is 9.12. The molecule has 0 saturated carbocycles. The molecule has 2 unspecified atom stereocenters. The number of thiophene rings is 1. The smallest absolute Gasteiger partial charge is 0.0629 e. The third-order valence-electron chi connectivity index (χ3n) is 10.1. The van der Waals surface area contributed by atoms with Gasteiger partial charge in [0.2, 0.25) is 0 Å². The zero-order chi connectivity index (χ0) is 32.3. The van der Waals surface area contributed by atoms with Gasteiger partial charge in [-0.25, -0.2) is 0 Å².